The summed E-state index contributed by atoms with van der Waals surface area (Å²) in [6, 6.07) is 9.61. The van der Waals surface area contributed by atoms with E-state index in [2.05, 4.69) is 10.9 Å². The number of carbonyl (C=O) groups excluding carboxylic acids is 3. The van der Waals surface area contributed by atoms with Crippen LogP contribution < -0.4 is 25.1 Å². The third-order valence-electron chi connectivity index (χ3n) is 3.21. The molecule has 0 aromatic heterocycles. The second-order valence-electron chi connectivity index (χ2n) is 5.16. The molecule has 0 radical (unpaired) electrons. The van der Waals surface area contributed by atoms with E-state index in [0.717, 1.165) is 0 Å². The molecule has 2 aromatic rings. The van der Waals surface area contributed by atoms with Gasteiger partial charge in [0.15, 0.2) is 24.7 Å². The van der Waals surface area contributed by atoms with Gasteiger partial charge in [-0.1, -0.05) is 0 Å². The van der Waals surface area contributed by atoms with E-state index in [1.165, 1.54) is 49.6 Å². The molecule has 0 atom stereocenters. The van der Waals surface area contributed by atoms with Crippen LogP contribution in [-0.2, 0) is 9.59 Å². The molecule has 2 rings (SSSR count). The largest absolute Gasteiger partial charge is 0.493 e. The Morgan fingerprint density at radius 1 is 0.963 bits per heavy atom. The summed E-state index contributed by atoms with van der Waals surface area (Å²) < 4.78 is 28.3. The Kier molecular flexibility index (Phi) is 7.12. The topological polar surface area (TPSA) is 103 Å². The second-order valence-corrected chi connectivity index (χ2v) is 5.16. The van der Waals surface area contributed by atoms with Crippen molar-refractivity contribution in [2.45, 2.75) is 0 Å². The average Bonchev–Trinajstić information content (AvgIpc) is 2.70. The highest BCUT2D eigenvalue weighted by molar-refractivity contribution is 5.83. The Hall–Kier alpha value is -3.62. The van der Waals surface area contributed by atoms with Crippen LogP contribution in [0.2, 0.25) is 0 Å². The van der Waals surface area contributed by atoms with Gasteiger partial charge in [0, 0.05) is 5.56 Å². The summed E-state index contributed by atoms with van der Waals surface area (Å²) in [5.74, 6) is -0.774. The molecule has 0 unspecified atom stereocenters. The molecule has 0 saturated carbocycles. The first kappa shape index (κ1) is 19.7. The Balaban J connectivity index is 1.73. The molecule has 0 aliphatic rings. The fraction of sp³-hybridized carbons (Fsp3) is 0.167. The number of nitrogens with one attached hydrogen (secondary N) is 2. The van der Waals surface area contributed by atoms with Gasteiger partial charge < -0.3 is 14.2 Å². The molecule has 8 nitrogen and oxygen atoms in total. The van der Waals surface area contributed by atoms with Crippen LogP contribution in [0.5, 0.6) is 17.2 Å². The highest BCUT2D eigenvalue weighted by Crippen LogP contribution is 2.27. The standard InChI is InChI=1S/C18H17FN2O6/c1-25-16-8-12(9-22)2-7-15(16)27-11-18(24)21-20-17(23)10-26-14-5-3-13(19)4-6-14/h2-9H,10-11H2,1H3,(H,20,23)(H,21,24). The third kappa shape index (κ3) is 6.31. The third-order valence-corrected chi connectivity index (χ3v) is 3.21. The van der Waals surface area contributed by atoms with Gasteiger partial charge in [-0.3, -0.25) is 25.2 Å². The summed E-state index contributed by atoms with van der Waals surface area (Å²) in [7, 11) is 1.40. The highest BCUT2D eigenvalue weighted by atomic mass is 19.1. The molecule has 9 heteroatoms. The molecular formula is C18H17FN2O6. The van der Waals surface area contributed by atoms with Gasteiger partial charge in [-0.05, 0) is 42.5 Å². The van der Waals surface area contributed by atoms with Crippen LogP contribution in [0.1, 0.15) is 10.4 Å². The van der Waals surface area contributed by atoms with E-state index in [1.54, 1.807) is 0 Å². The lowest BCUT2D eigenvalue weighted by Crippen LogP contribution is -2.45. The number of hydrogen-bond donors (Lipinski definition) is 2. The van der Waals surface area contributed by atoms with Crippen molar-refractivity contribution >= 4 is 18.1 Å². The van der Waals surface area contributed by atoms with E-state index in [4.69, 9.17) is 14.2 Å². The van der Waals surface area contributed by atoms with Crippen molar-refractivity contribution < 1.29 is 33.0 Å². The molecule has 0 bridgehead atoms. The van der Waals surface area contributed by atoms with Crippen molar-refractivity contribution in [3.8, 4) is 17.2 Å². The van der Waals surface area contributed by atoms with Crippen molar-refractivity contribution in [3.05, 3.63) is 53.8 Å². The lowest BCUT2D eigenvalue weighted by atomic mass is 10.2. The van der Waals surface area contributed by atoms with Gasteiger partial charge in [-0.15, -0.1) is 0 Å². The van der Waals surface area contributed by atoms with Crippen molar-refractivity contribution in [1.29, 1.82) is 0 Å². The summed E-state index contributed by atoms with van der Waals surface area (Å²) in [6.45, 7) is -0.760. The van der Waals surface area contributed by atoms with E-state index < -0.39 is 24.2 Å². The number of carbonyl (C=O) groups is 3. The smallest absolute Gasteiger partial charge is 0.276 e. The maximum atomic E-state index is 12.8. The molecular weight excluding hydrogens is 359 g/mol. The maximum Gasteiger partial charge on any atom is 0.276 e. The monoisotopic (exact) mass is 376 g/mol. The molecule has 142 valence electrons. The Morgan fingerprint density at radius 3 is 2.19 bits per heavy atom. The van der Waals surface area contributed by atoms with Gasteiger partial charge in [0.05, 0.1) is 7.11 Å². The van der Waals surface area contributed by atoms with Gasteiger partial charge >= 0.3 is 0 Å². The lowest BCUT2D eigenvalue weighted by Gasteiger charge is -2.12. The first-order valence-electron chi connectivity index (χ1n) is 7.74. The summed E-state index contributed by atoms with van der Waals surface area (Å²) in [4.78, 5) is 34.1. The van der Waals surface area contributed by atoms with Crippen LogP contribution in [-0.4, -0.2) is 38.4 Å². The van der Waals surface area contributed by atoms with Crippen LogP contribution in [0.25, 0.3) is 0 Å². The predicted molar refractivity (Wildman–Crippen MR) is 92.1 cm³/mol. The van der Waals surface area contributed by atoms with E-state index >= 15 is 0 Å². The van der Waals surface area contributed by atoms with Gasteiger partial charge in [-0.2, -0.15) is 0 Å². The molecule has 2 aromatic carbocycles. The minimum atomic E-state index is -0.619. The first-order chi connectivity index (χ1) is 13.0. The van der Waals surface area contributed by atoms with E-state index in [-0.39, 0.29) is 12.4 Å². The number of hydrazine groups is 1. The summed E-state index contributed by atoms with van der Waals surface area (Å²) in [5.41, 5.74) is 4.71. The lowest BCUT2D eigenvalue weighted by molar-refractivity contribution is -0.131. The minimum Gasteiger partial charge on any atom is -0.493 e. The first-order valence-corrected chi connectivity index (χ1v) is 7.74. The molecule has 0 saturated heterocycles. The number of ether oxygens (including phenoxy) is 3. The Bertz CT molecular complexity index is 810. The number of aldehydes is 1. The van der Waals surface area contributed by atoms with Crippen molar-refractivity contribution in [1.82, 2.24) is 10.9 Å². The fourth-order valence-corrected chi connectivity index (χ4v) is 1.91. The number of hydrogen-bond acceptors (Lipinski definition) is 6. The quantitative estimate of drug-likeness (QED) is 0.531. The van der Waals surface area contributed by atoms with E-state index in [1.807, 2.05) is 0 Å². The highest BCUT2D eigenvalue weighted by Gasteiger charge is 2.10. The minimum absolute atomic E-state index is 0.268. The van der Waals surface area contributed by atoms with E-state index in [0.29, 0.717) is 23.3 Å². The van der Waals surface area contributed by atoms with E-state index in [9.17, 15) is 18.8 Å². The number of methoxy groups -OCH3 is 1. The summed E-state index contributed by atoms with van der Waals surface area (Å²) in [6.07, 6.45) is 0.655. The maximum absolute atomic E-state index is 12.8. The molecule has 2 amide bonds. The molecule has 0 spiro atoms. The van der Waals surface area contributed by atoms with Crippen LogP contribution in [0.15, 0.2) is 42.5 Å². The van der Waals surface area contributed by atoms with Gasteiger partial charge in [-0.25, -0.2) is 4.39 Å². The van der Waals surface area contributed by atoms with Gasteiger partial charge in [0.1, 0.15) is 17.9 Å². The number of benzene rings is 2. The zero-order valence-electron chi connectivity index (χ0n) is 14.4. The van der Waals surface area contributed by atoms with Crippen LogP contribution >= 0.6 is 0 Å². The molecule has 2 N–H and O–H groups in total. The van der Waals surface area contributed by atoms with Gasteiger partial charge in [0.25, 0.3) is 11.8 Å². The Morgan fingerprint density at radius 2 is 1.59 bits per heavy atom. The molecule has 0 fully saturated rings. The zero-order valence-corrected chi connectivity index (χ0v) is 14.4. The second kappa shape index (κ2) is 9.76. The molecule has 0 heterocycles. The average molecular weight is 376 g/mol. The van der Waals surface area contributed by atoms with Crippen LogP contribution in [0.3, 0.4) is 0 Å². The predicted octanol–water partition coefficient (Wildman–Crippen LogP) is 1.25. The van der Waals surface area contributed by atoms with Crippen LogP contribution in [0.4, 0.5) is 4.39 Å². The molecule has 27 heavy (non-hydrogen) atoms. The normalized spacial score (nSPS) is 9.85. The zero-order chi connectivity index (χ0) is 19.6. The Labute approximate surface area is 154 Å². The number of amides is 2. The fourth-order valence-electron chi connectivity index (χ4n) is 1.91. The van der Waals surface area contributed by atoms with Gasteiger partial charge in [0.2, 0.25) is 0 Å². The van der Waals surface area contributed by atoms with Crippen LogP contribution in [0, 0.1) is 5.82 Å². The number of rotatable bonds is 8. The van der Waals surface area contributed by atoms with Crippen molar-refractivity contribution in [2.75, 3.05) is 20.3 Å². The number of halogens is 1. The SMILES string of the molecule is COc1cc(C=O)ccc1OCC(=O)NNC(=O)COc1ccc(F)cc1. The summed E-state index contributed by atoms with van der Waals surface area (Å²) >= 11 is 0. The van der Waals surface area contributed by atoms with Crippen molar-refractivity contribution in [3.63, 3.8) is 0 Å². The molecule has 0 aliphatic heterocycles. The van der Waals surface area contributed by atoms with Crippen molar-refractivity contribution in [2.24, 2.45) is 0 Å². The molecule has 0 aliphatic carbocycles. The summed E-state index contributed by atoms with van der Waals surface area (Å²) in [5, 5.41) is 0.